The summed E-state index contributed by atoms with van der Waals surface area (Å²) in [6.07, 6.45) is 0. The van der Waals surface area contributed by atoms with Crippen LogP contribution in [0.1, 0.15) is 32.4 Å². The number of rotatable bonds is 3. The molecule has 0 unspecified atom stereocenters. The number of nitrogens with zero attached hydrogens (tertiary/aromatic N) is 3. The van der Waals surface area contributed by atoms with Crippen molar-refractivity contribution in [2.45, 2.75) is 32.9 Å². The van der Waals surface area contributed by atoms with Gasteiger partial charge in [-0.1, -0.05) is 26.0 Å². The second-order valence-corrected chi connectivity index (χ2v) is 7.84. The van der Waals surface area contributed by atoms with Crippen LogP contribution in [0, 0.1) is 5.92 Å². The first-order valence-corrected chi connectivity index (χ1v) is 9.53. The van der Waals surface area contributed by atoms with E-state index in [4.69, 9.17) is 0 Å². The van der Waals surface area contributed by atoms with E-state index in [1.165, 1.54) is 11.3 Å². The summed E-state index contributed by atoms with van der Waals surface area (Å²) in [6, 6.07) is 9.31. The summed E-state index contributed by atoms with van der Waals surface area (Å²) in [7, 11) is 2.18. The average molecular weight is 345 g/mol. The fourth-order valence-corrected chi connectivity index (χ4v) is 3.73. The van der Waals surface area contributed by atoms with Crippen molar-refractivity contribution in [3.8, 4) is 0 Å². The summed E-state index contributed by atoms with van der Waals surface area (Å²) < 4.78 is 0. The van der Waals surface area contributed by atoms with Gasteiger partial charge in [0.25, 0.3) is 0 Å². The Morgan fingerprint density at radius 1 is 1.20 bits per heavy atom. The SMILES string of the molecule is CC(C)C(=O)N1C[C@H](c2cccc(N3CCN(C)CC3)c2)NC[C@H]1C. The van der Waals surface area contributed by atoms with E-state index in [0.29, 0.717) is 0 Å². The standard InChI is InChI=1S/C20H32N4O/c1-15(2)20(25)24-14-19(21-13-16(24)3)17-6-5-7-18(12-17)23-10-8-22(4)9-11-23/h5-7,12,15-16,19,21H,8-11,13-14H2,1-4H3/t16-,19-/m1/s1. The van der Waals surface area contributed by atoms with E-state index in [2.05, 4.69) is 53.4 Å². The first kappa shape index (κ1) is 18.2. The van der Waals surface area contributed by atoms with Crippen LogP contribution in [-0.4, -0.2) is 68.1 Å². The minimum Gasteiger partial charge on any atom is -0.369 e. The Morgan fingerprint density at radius 3 is 2.60 bits per heavy atom. The second kappa shape index (κ2) is 7.75. The van der Waals surface area contributed by atoms with Gasteiger partial charge in [0, 0.05) is 56.9 Å². The van der Waals surface area contributed by atoms with Crippen LogP contribution in [0.25, 0.3) is 0 Å². The molecule has 5 heteroatoms. The number of amides is 1. The molecule has 2 heterocycles. The minimum atomic E-state index is 0.0536. The Labute approximate surface area is 152 Å². The molecule has 2 fully saturated rings. The van der Waals surface area contributed by atoms with Crippen LogP contribution in [0.4, 0.5) is 5.69 Å². The third-order valence-electron chi connectivity index (χ3n) is 5.49. The molecule has 0 aromatic heterocycles. The van der Waals surface area contributed by atoms with Crippen LogP contribution in [0.5, 0.6) is 0 Å². The third-order valence-corrected chi connectivity index (χ3v) is 5.49. The zero-order valence-electron chi connectivity index (χ0n) is 16.0. The topological polar surface area (TPSA) is 38.8 Å². The summed E-state index contributed by atoms with van der Waals surface area (Å²) in [4.78, 5) is 19.4. The van der Waals surface area contributed by atoms with Crippen LogP contribution >= 0.6 is 0 Å². The molecule has 5 nitrogen and oxygen atoms in total. The van der Waals surface area contributed by atoms with E-state index in [1.54, 1.807) is 0 Å². The highest BCUT2D eigenvalue weighted by atomic mass is 16.2. The zero-order valence-corrected chi connectivity index (χ0v) is 16.0. The lowest BCUT2D eigenvalue weighted by molar-refractivity contribution is -0.138. The summed E-state index contributed by atoms with van der Waals surface area (Å²) in [5.41, 5.74) is 2.58. The monoisotopic (exact) mass is 344 g/mol. The van der Waals surface area contributed by atoms with Crippen LogP contribution in [0.3, 0.4) is 0 Å². The molecule has 138 valence electrons. The summed E-state index contributed by atoms with van der Waals surface area (Å²) in [5.74, 6) is 0.312. The number of hydrogen-bond donors (Lipinski definition) is 1. The van der Waals surface area contributed by atoms with Gasteiger partial charge in [-0.2, -0.15) is 0 Å². The number of carbonyl (C=O) groups excluding carboxylic acids is 1. The number of nitrogens with one attached hydrogen (secondary N) is 1. The molecule has 1 aromatic rings. The van der Waals surface area contributed by atoms with Crippen molar-refractivity contribution in [1.82, 2.24) is 15.1 Å². The number of anilines is 1. The van der Waals surface area contributed by atoms with Crippen molar-refractivity contribution in [3.05, 3.63) is 29.8 Å². The molecule has 0 spiro atoms. The van der Waals surface area contributed by atoms with Crippen molar-refractivity contribution in [2.75, 3.05) is 51.2 Å². The normalized spacial score (nSPS) is 25.5. The van der Waals surface area contributed by atoms with Crippen LogP contribution in [-0.2, 0) is 4.79 Å². The highest BCUT2D eigenvalue weighted by Gasteiger charge is 2.30. The molecule has 2 saturated heterocycles. The van der Waals surface area contributed by atoms with E-state index in [1.807, 2.05) is 18.7 Å². The summed E-state index contributed by atoms with van der Waals surface area (Å²) in [6.45, 7) is 12.1. The van der Waals surface area contributed by atoms with Gasteiger partial charge in [-0.25, -0.2) is 0 Å². The number of benzene rings is 1. The van der Waals surface area contributed by atoms with Crippen molar-refractivity contribution >= 4 is 11.6 Å². The maximum absolute atomic E-state index is 12.5. The fraction of sp³-hybridized carbons (Fsp3) is 0.650. The predicted octanol–water partition coefficient (Wildman–Crippen LogP) is 1.96. The molecular formula is C20H32N4O. The molecule has 0 saturated carbocycles. The van der Waals surface area contributed by atoms with Crippen molar-refractivity contribution in [1.29, 1.82) is 0 Å². The first-order valence-electron chi connectivity index (χ1n) is 9.53. The van der Waals surface area contributed by atoms with Gasteiger partial charge in [0.05, 0.1) is 6.04 Å². The smallest absolute Gasteiger partial charge is 0.225 e. The Bertz CT molecular complexity index is 595. The van der Waals surface area contributed by atoms with E-state index in [0.717, 1.165) is 39.3 Å². The maximum Gasteiger partial charge on any atom is 0.225 e. The van der Waals surface area contributed by atoms with Gasteiger partial charge >= 0.3 is 0 Å². The number of hydrogen-bond acceptors (Lipinski definition) is 4. The first-order chi connectivity index (χ1) is 12.0. The molecule has 1 N–H and O–H groups in total. The minimum absolute atomic E-state index is 0.0536. The molecule has 25 heavy (non-hydrogen) atoms. The summed E-state index contributed by atoms with van der Waals surface area (Å²) >= 11 is 0. The molecular weight excluding hydrogens is 312 g/mol. The molecule has 0 radical (unpaired) electrons. The molecule has 0 aliphatic carbocycles. The van der Waals surface area contributed by atoms with Crippen molar-refractivity contribution in [2.24, 2.45) is 5.92 Å². The molecule has 2 aliphatic rings. The molecule has 1 aromatic carbocycles. The third kappa shape index (κ3) is 4.15. The van der Waals surface area contributed by atoms with Gasteiger partial charge in [-0.3, -0.25) is 4.79 Å². The maximum atomic E-state index is 12.5. The van der Waals surface area contributed by atoms with Crippen LogP contribution < -0.4 is 10.2 Å². The molecule has 1 amide bonds. The molecule has 2 atom stereocenters. The Morgan fingerprint density at radius 2 is 1.92 bits per heavy atom. The van der Waals surface area contributed by atoms with Gasteiger partial charge in [-0.05, 0) is 31.7 Å². The Balaban J connectivity index is 1.73. The van der Waals surface area contributed by atoms with E-state index < -0.39 is 0 Å². The van der Waals surface area contributed by atoms with Gasteiger partial charge in [0.2, 0.25) is 5.91 Å². The largest absolute Gasteiger partial charge is 0.369 e. The quantitative estimate of drug-likeness (QED) is 0.910. The van der Waals surface area contributed by atoms with E-state index in [-0.39, 0.29) is 23.9 Å². The number of piperazine rings is 2. The van der Waals surface area contributed by atoms with Gasteiger partial charge < -0.3 is 20.0 Å². The van der Waals surface area contributed by atoms with Crippen molar-refractivity contribution < 1.29 is 4.79 Å². The van der Waals surface area contributed by atoms with Crippen LogP contribution in [0.2, 0.25) is 0 Å². The lowest BCUT2D eigenvalue weighted by atomic mass is 10.00. The second-order valence-electron chi connectivity index (χ2n) is 7.84. The number of carbonyl (C=O) groups is 1. The summed E-state index contributed by atoms with van der Waals surface area (Å²) in [5, 5.41) is 3.63. The fourth-order valence-electron chi connectivity index (χ4n) is 3.73. The van der Waals surface area contributed by atoms with Crippen LogP contribution in [0.15, 0.2) is 24.3 Å². The van der Waals surface area contributed by atoms with E-state index in [9.17, 15) is 4.79 Å². The lowest BCUT2D eigenvalue weighted by Crippen LogP contribution is -2.54. The highest BCUT2D eigenvalue weighted by Crippen LogP contribution is 2.25. The molecule has 2 aliphatic heterocycles. The lowest BCUT2D eigenvalue weighted by Gasteiger charge is -2.40. The van der Waals surface area contributed by atoms with Gasteiger partial charge in [-0.15, -0.1) is 0 Å². The highest BCUT2D eigenvalue weighted by molar-refractivity contribution is 5.78. The molecule has 3 rings (SSSR count). The van der Waals surface area contributed by atoms with Gasteiger partial charge in [0.15, 0.2) is 0 Å². The van der Waals surface area contributed by atoms with E-state index >= 15 is 0 Å². The Hall–Kier alpha value is -1.59. The average Bonchev–Trinajstić information content (AvgIpc) is 2.62. The zero-order chi connectivity index (χ0) is 18.0. The van der Waals surface area contributed by atoms with Gasteiger partial charge in [0.1, 0.15) is 0 Å². The molecule has 0 bridgehead atoms. The predicted molar refractivity (Wildman–Crippen MR) is 103 cm³/mol. The number of likely N-dealkylation sites (N-methyl/N-ethyl adjacent to an activating group) is 1. The van der Waals surface area contributed by atoms with Crippen molar-refractivity contribution in [3.63, 3.8) is 0 Å². The Kier molecular flexibility index (Phi) is 5.64.